The van der Waals surface area contributed by atoms with Crippen molar-refractivity contribution in [2.75, 3.05) is 26.9 Å². The van der Waals surface area contributed by atoms with E-state index in [9.17, 15) is 14.4 Å². The summed E-state index contributed by atoms with van der Waals surface area (Å²) >= 11 is 0. The van der Waals surface area contributed by atoms with E-state index < -0.39 is 18.1 Å². The van der Waals surface area contributed by atoms with E-state index in [1.165, 1.54) is 7.11 Å². The van der Waals surface area contributed by atoms with Crippen molar-refractivity contribution in [3.8, 4) is 11.1 Å². The maximum atomic E-state index is 12.6. The smallest absolute Gasteiger partial charge is 0.407 e. The lowest BCUT2D eigenvalue weighted by atomic mass is 9.98. The summed E-state index contributed by atoms with van der Waals surface area (Å²) < 4.78 is 10.6. The van der Waals surface area contributed by atoms with Crippen LogP contribution >= 0.6 is 0 Å². The Bertz CT molecular complexity index is 963. The molecule has 2 atom stereocenters. The van der Waals surface area contributed by atoms with Crippen LogP contribution in [-0.2, 0) is 19.1 Å². The van der Waals surface area contributed by atoms with Crippen molar-refractivity contribution in [2.24, 2.45) is 5.92 Å². The Morgan fingerprint density at radius 2 is 1.62 bits per heavy atom. The quantitative estimate of drug-likeness (QED) is 0.439. The van der Waals surface area contributed by atoms with Crippen LogP contribution in [0.2, 0.25) is 0 Å². The average molecular weight is 469 g/mol. The molecule has 3 rings (SSSR count). The fraction of sp³-hybridized carbons (Fsp3) is 0.423. The van der Waals surface area contributed by atoms with Crippen LogP contribution in [0.3, 0.4) is 0 Å². The number of benzene rings is 2. The van der Waals surface area contributed by atoms with Crippen LogP contribution in [0.5, 0.6) is 0 Å². The minimum Gasteiger partial charge on any atom is -0.481 e. The number of hydrogen-bond acceptors (Lipinski definition) is 5. The van der Waals surface area contributed by atoms with Gasteiger partial charge in [0.1, 0.15) is 12.6 Å². The summed E-state index contributed by atoms with van der Waals surface area (Å²) in [6, 6.07) is 15.3. The number of aliphatic carboxylic acids is 1. The van der Waals surface area contributed by atoms with Gasteiger partial charge in [-0.3, -0.25) is 9.59 Å². The van der Waals surface area contributed by atoms with E-state index in [0.717, 1.165) is 22.3 Å². The minimum absolute atomic E-state index is 0.0426. The van der Waals surface area contributed by atoms with Crippen molar-refractivity contribution in [1.82, 2.24) is 10.6 Å². The first kappa shape index (κ1) is 25.2. The zero-order valence-electron chi connectivity index (χ0n) is 19.6. The highest BCUT2D eigenvalue weighted by Gasteiger charge is 2.29. The summed E-state index contributed by atoms with van der Waals surface area (Å²) in [7, 11) is 1.52. The molecule has 0 spiro atoms. The molecule has 8 nitrogen and oxygen atoms in total. The number of methoxy groups -OCH3 is 1. The molecule has 3 N–H and O–H groups in total. The van der Waals surface area contributed by atoms with E-state index in [1.807, 2.05) is 43.3 Å². The lowest BCUT2D eigenvalue weighted by Crippen LogP contribution is -2.48. The van der Waals surface area contributed by atoms with Gasteiger partial charge in [-0.2, -0.15) is 0 Å². The largest absolute Gasteiger partial charge is 0.481 e. The van der Waals surface area contributed by atoms with Gasteiger partial charge in [0.25, 0.3) is 0 Å². The van der Waals surface area contributed by atoms with Crippen molar-refractivity contribution in [1.29, 1.82) is 0 Å². The molecule has 0 aromatic heterocycles. The Morgan fingerprint density at radius 3 is 2.21 bits per heavy atom. The van der Waals surface area contributed by atoms with E-state index in [-0.39, 0.29) is 43.8 Å². The monoisotopic (exact) mass is 468 g/mol. The third-order valence-corrected chi connectivity index (χ3v) is 6.02. The number of alkyl carbamates (subject to hydrolysis) is 1. The van der Waals surface area contributed by atoms with Crippen molar-refractivity contribution in [3.63, 3.8) is 0 Å². The minimum atomic E-state index is -0.867. The maximum Gasteiger partial charge on any atom is 0.407 e. The van der Waals surface area contributed by atoms with E-state index in [4.69, 9.17) is 14.6 Å². The molecule has 8 heteroatoms. The Labute approximate surface area is 199 Å². The van der Waals surface area contributed by atoms with Crippen LogP contribution in [0.4, 0.5) is 4.79 Å². The molecule has 0 aliphatic heterocycles. The molecule has 2 amide bonds. The second kappa shape index (κ2) is 12.2. The van der Waals surface area contributed by atoms with Gasteiger partial charge in [0, 0.05) is 39.0 Å². The number of nitrogens with one attached hydrogen (secondary N) is 2. The standard InChI is InChI=1S/C26H32N2O6/c1-17(15-24(29)30)11-13-27-25(31)23(12-14-33-2)28-26(32)34-16-22-20-9-5-3-7-18(20)19-8-4-6-10-21(19)22/h3-10,17,22-23H,11-16H2,1-2H3,(H,27,31)(H,28,32)(H,29,30). The van der Waals surface area contributed by atoms with Gasteiger partial charge in [0.2, 0.25) is 5.91 Å². The Morgan fingerprint density at radius 1 is 1.00 bits per heavy atom. The number of carbonyl (C=O) groups excluding carboxylic acids is 2. The van der Waals surface area contributed by atoms with Crippen LogP contribution in [0.1, 0.15) is 43.2 Å². The number of carbonyl (C=O) groups is 3. The summed E-state index contributed by atoms with van der Waals surface area (Å²) in [4.78, 5) is 36.0. The average Bonchev–Trinajstić information content (AvgIpc) is 3.13. The molecule has 0 bridgehead atoms. The topological polar surface area (TPSA) is 114 Å². The van der Waals surface area contributed by atoms with Crippen LogP contribution in [0.15, 0.2) is 48.5 Å². The van der Waals surface area contributed by atoms with E-state index in [2.05, 4.69) is 22.8 Å². The molecule has 2 unspecified atom stereocenters. The molecule has 182 valence electrons. The Balaban J connectivity index is 1.56. The fourth-order valence-corrected chi connectivity index (χ4v) is 4.25. The van der Waals surface area contributed by atoms with Gasteiger partial charge in [-0.05, 0) is 34.6 Å². The zero-order valence-corrected chi connectivity index (χ0v) is 19.6. The summed E-state index contributed by atoms with van der Waals surface area (Å²) in [5.41, 5.74) is 4.50. The van der Waals surface area contributed by atoms with E-state index >= 15 is 0 Å². The number of carboxylic acid groups (broad SMARTS) is 1. The van der Waals surface area contributed by atoms with Crippen LogP contribution < -0.4 is 10.6 Å². The van der Waals surface area contributed by atoms with Gasteiger partial charge in [-0.1, -0.05) is 55.5 Å². The molecule has 0 saturated heterocycles. The van der Waals surface area contributed by atoms with Gasteiger partial charge in [-0.25, -0.2) is 4.79 Å². The lowest BCUT2D eigenvalue weighted by Gasteiger charge is -2.20. The third kappa shape index (κ3) is 6.57. The highest BCUT2D eigenvalue weighted by molar-refractivity contribution is 5.85. The predicted octanol–water partition coefficient (Wildman–Crippen LogP) is 3.55. The first-order chi connectivity index (χ1) is 16.4. The molecule has 0 saturated carbocycles. The Kier molecular flexibility index (Phi) is 9.04. The molecule has 0 radical (unpaired) electrons. The van der Waals surface area contributed by atoms with Crippen molar-refractivity contribution < 1.29 is 29.0 Å². The molecular formula is C26H32N2O6. The van der Waals surface area contributed by atoms with Gasteiger partial charge < -0.3 is 25.2 Å². The number of fused-ring (bicyclic) bond motifs is 3. The van der Waals surface area contributed by atoms with E-state index in [0.29, 0.717) is 13.0 Å². The lowest BCUT2D eigenvalue weighted by molar-refractivity contribution is -0.138. The normalized spacial score (nSPS) is 13.9. The highest BCUT2D eigenvalue weighted by atomic mass is 16.5. The van der Waals surface area contributed by atoms with Crippen molar-refractivity contribution >= 4 is 18.0 Å². The number of ether oxygens (including phenoxy) is 2. The van der Waals surface area contributed by atoms with Crippen molar-refractivity contribution in [3.05, 3.63) is 59.7 Å². The summed E-state index contributed by atoms with van der Waals surface area (Å²) in [5.74, 6) is -1.35. The molecule has 2 aromatic rings. The molecule has 1 aliphatic carbocycles. The molecule has 2 aromatic carbocycles. The molecule has 34 heavy (non-hydrogen) atoms. The van der Waals surface area contributed by atoms with Crippen LogP contribution in [0.25, 0.3) is 11.1 Å². The number of hydrogen-bond donors (Lipinski definition) is 3. The number of amides is 2. The fourth-order valence-electron chi connectivity index (χ4n) is 4.25. The molecular weight excluding hydrogens is 436 g/mol. The summed E-state index contributed by atoms with van der Waals surface area (Å²) in [6.45, 7) is 2.59. The van der Waals surface area contributed by atoms with E-state index in [1.54, 1.807) is 0 Å². The van der Waals surface area contributed by atoms with Gasteiger partial charge in [-0.15, -0.1) is 0 Å². The highest BCUT2D eigenvalue weighted by Crippen LogP contribution is 2.44. The SMILES string of the molecule is COCCC(NC(=O)OCC1c2ccccc2-c2ccccc21)C(=O)NCCC(C)CC(=O)O. The summed E-state index contributed by atoms with van der Waals surface area (Å²) in [5, 5.41) is 14.3. The summed E-state index contributed by atoms with van der Waals surface area (Å²) in [6.07, 6.45) is 0.190. The second-order valence-electron chi connectivity index (χ2n) is 8.59. The van der Waals surface area contributed by atoms with Crippen LogP contribution in [0, 0.1) is 5.92 Å². The Hall–Kier alpha value is -3.39. The predicted molar refractivity (Wildman–Crippen MR) is 128 cm³/mol. The van der Waals surface area contributed by atoms with Gasteiger partial charge in [0.05, 0.1) is 0 Å². The first-order valence-electron chi connectivity index (χ1n) is 11.5. The zero-order chi connectivity index (χ0) is 24.5. The van der Waals surface area contributed by atoms with Crippen LogP contribution in [-0.4, -0.2) is 56.0 Å². The first-order valence-corrected chi connectivity index (χ1v) is 11.5. The molecule has 0 fully saturated rings. The van der Waals surface area contributed by atoms with Crippen molar-refractivity contribution in [2.45, 2.75) is 38.1 Å². The molecule has 0 heterocycles. The van der Waals surface area contributed by atoms with Gasteiger partial charge >= 0.3 is 12.1 Å². The second-order valence-corrected chi connectivity index (χ2v) is 8.59. The number of carboxylic acids is 1. The molecule has 1 aliphatic rings. The maximum absolute atomic E-state index is 12.6. The third-order valence-electron chi connectivity index (χ3n) is 6.02. The number of rotatable bonds is 12. The van der Waals surface area contributed by atoms with Gasteiger partial charge in [0.15, 0.2) is 0 Å².